The molecule has 11 heteroatoms. The van der Waals surface area contributed by atoms with E-state index in [0.29, 0.717) is 30.0 Å². The van der Waals surface area contributed by atoms with Crippen LogP contribution in [0.1, 0.15) is 55.5 Å². The first-order chi connectivity index (χ1) is 19.2. The van der Waals surface area contributed by atoms with E-state index in [2.05, 4.69) is 38.7 Å². The van der Waals surface area contributed by atoms with Gasteiger partial charge in [0.05, 0.1) is 11.7 Å². The molecule has 3 aliphatic heterocycles. The van der Waals surface area contributed by atoms with Gasteiger partial charge in [-0.1, -0.05) is 12.6 Å². The third-order valence-corrected chi connectivity index (χ3v) is 8.18. The number of nitrogens with zero attached hydrogens (tertiary/aromatic N) is 6. The van der Waals surface area contributed by atoms with Crippen LogP contribution in [-0.4, -0.2) is 84.7 Å². The highest BCUT2D eigenvalue weighted by atomic mass is 16.5. The SMILES string of the molecule is [B]C(C)(O)c1ccc2c(c1)C(=C)N1CCCCC1c1cc3nc(N4CCC4)cc(n3n1)N(C)CCNC(=O)CO2. The number of aromatic nitrogens is 3. The molecular weight excluding hydrogens is 505 g/mol. The van der Waals surface area contributed by atoms with Gasteiger partial charge in [0.2, 0.25) is 0 Å². The minimum absolute atomic E-state index is 0.0142. The van der Waals surface area contributed by atoms with Crippen LogP contribution in [-0.2, 0) is 10.3 Å². The van der Waals surface area contributed by atoms with Gasteiger partial charge in [-0.2, -0.15) is 9.61 Å². The predicted octanol–water partition coefficient (Wildman–Crippen LogP) is 2.42. The zero-order valence-corrected chi connectivity index (χ0v) is 23.3. The third kappa shape index (κ3) is 4.98. The van der Waals surface area contributed by atoms with E-state index < -0.39 is 5.50 Å². The standard InChI is InChI=1S/C29H36BN7O3/c1-19-21-15-20(29(2,30)39)8-9-24(21)40-18-27(38)31-10-14-34(3)28-17-25(35-11-6-12-35)32-26-16-22(33-37(26)28)23-7-4-5-13-36(19)23/h8-9,15-17,23,39H,1,4-7,10-14,18H2,2-3H3,(H,31,38). The van der Waals surface area contributed by atoms with Crippen LogP contribution in [0.5, 0.6) is 5.75 Å². The van der Waals surface area contributed by atoms with E-state index in [0.717, 1.165) is 67.6 Å². The Morgan fingerprint density at radius 1 is 1.15 bits per heavy atom. The molecule has 0 saturated carbocycles. The Kier molecular flexibility index (Phi) is 6.86. The van der Waals surface area contributed by atoms with Crippen LogP contribution in [0.3, 0.4) is 0 Å². The second-order valence-corrected chi connectivity index (χ2v) is 11.2. The minimum atomic E-state index is -1.53. The van der Waals surface area contributed by atoms with Crippen molar-refractivity contribution in [1.82, 2.24) is 24.8 Å². The van der Waals surface area contributed by atoms with Gasteiger partial charge in [0, 0.05) is 68.7 Å². The summed E-state index contributed by atoms with van der Waals surface area (Å²) in [6.45, 7) is 9.71. The second-order valence-electron chi connectivity index (χ2n) is 11.2. The number of piperidine rings is 1. The van der Waals surface area contributed by atoms with Gasteiger partial charge in [0.1, 0.15) is 25.2 Å². The molecule has 208 valence electrons. The van der Waals surface area contributed by atoms with Crippen molar-refractivity contribution in [2.24, 2.45) is 0 Å². The van der Waals surface area contributed by atoms with E-state index in [1.165, 1.54) is 13.3 Å². The molecule has 2 N–H and O–H groups in total. The fourth-order valence-corrected chi connectivity index (χ4v) is 5.69. The second kappa shape index (κ2) is 10.4. The molecule has 5 heterocycles. The molecule has 1 aromatic carbocycles. The summed E-state index contributed by atoms with van der Waals surface area (Å²) in [5.41, 5.74) is 2.17. The normalized spacial score (nSPS) is 21.8. The van der Waals surface area contributed by atoms with Crippen molar-refractivity contribution in [3.05, 3.63) is 53.7 Å². The van der Waals surface area contributed by atoms with Gasteiger partial charge in [-0.25, -0.2) is 4.98 Å². The number of amides is 1. The van der Waals surface area contributed by atoms with E-state index in [-0.39, 0.29) is 18.6 Å². The summed E-state index contributed by atoms with van der Waals surface area (Å²) in [4.78, 5) is 24.4. The lowest BCUT2D eigenvalue weighted by molar-refractivity contribution is -0.123. The summed E-state index contributed by atoms with van der Waals surface area (Å²) < 4.78 is 7.93. The predicted molar refractivity (Wildman–Crippen MR) is 156 cm³/mol. The summed E-state index contributed by atoms with van der Waals surface area (Å²) in [7, 11) is 8.05. The first-order valence-electron chi connectivity index (χ1n) is 14.1. The maximum absolute atomic E-state index is 12.7. The third-order valence-electron chi connectivity index (χ3n) is 8.18. The van der Waals surface area contributed by atoms with Gasteiger partial charge in [-0.3, -0.25) is 4.79 Å². The Bertz CT molecular complexity index is 1450. The zero-order chi connectivity index (χ0) is 28.0. The van der Waals surface area contributed by atoms with Crippen molar-refractivity contribution in [3.63, 3.8) is 0 Å². The van der Waals surface area contributed by atoms with Crippen LogP contribution in [0.25, 0.3) is 11.3 Å². The number of hydrogen-bond donors (Lipinski definition) is 2. The lowest BCUT2D eigenvalue weighted by atomic mass is 9.77. The summed E-state index contributed by atoms with van der Waals surface area (Å²) in [5.74, 6) is 2.17. The summed E-state index contributed by atoms with van der Waals surface area (Å²) >= 11 is 0. The first kappa shape index (κ1) is 26.5. The molecule has 3 aromatic rings. The number of carbonyl (C=O) groups is 1. The van der Waals surface area contributed by atoms with Crippen molar-refractivity contribution >= 4 is 36.7 Å². The maximum atomic E-state index is 12.7. The largest absolute Gasteiger partial charge is 0.483 e. The number of hydrogen-bond acceptors (Lipinski definition) is 8. The van der Waals surface area contributed by atoms with Gasteiger partial charge in [-0.15, -0.1) is 0 Å². The molecule has 2 atom stereocenters. The number of carbonyl (C=O) groups excluding carboxylic acids is 1. The van der Waals surface area contributed by atoms with Crippen molar-refractivity contribution in [2.75, 3.05) is 56.2 Å². The number of benzene rings is 1. The van der Waals surface area contributed by atoms with Crippen molar-refractivity contribution in [1.29, 1.82) is 0 Å². The smallest absolute Gasteiger partial charge is 0.258 e. The number of fused-ring (bicyclic) bond motifs is 4. The van der Waals surface area contributed by atoms with Crippen molar-refractivity contribution in [3.8, 4) is 5.75 Å². The Morgan fingerprint density at radius 3 is 2.73 bits per heavy atom. The monoisotopic (exact) mass is 541 g/mol. The number of rotatable bonds is 2. The molecule has 10 nitrogen and oxygen atoms in total. The maximum Gasteiger partial charge on any atom is 0.258 e. The fourth-order valence-electron chi connectivity index (χ4n) is 5.69. The molecule has 2 unspecified atom stereocenters. The molecule has 1 amide bonds. The molecule has 2 radical (unpaired) electrons. The molecule has 0 spiro atoms. The Balaban J connectivity index is 1.47. The van der Waals surface area contributed by atoms with Crippen LogP contribution in [0.15, 0.2) is 36.9 Å². The lowest BCUT2D eigenvalue weighted by Gasteiger charge is -2.38. The van der Waals surface area contributed by atoms with E-state index in [1.54, 1.807) is 12.1 Å². The van der Waals surface area contributed by atoms with Gasteiger partial charge < -0.3 is 29.9 Å². The minimum Gasteiger partial charge on any atom is -0.483 e. The van der Waals surface area contributed by atoms with Gasteiger partial charge >= 0.3 is 0 Å². The van der Waals surface area contributed by atoms with E-state index >= 15 is 0 Å². The topological polar surface area (TPSA) is 98.5 Å². The number of aliphatic hydroxyl groups is 1. The van der Waals surface area contributed by atoms with Crippen LogP contribution < -0.4 is 19.9 Å². The molecule has 2 fully saturated rings. The van der Waals surface area contributed by atoms with Gasteiger partial charge in [0.15, 0.2) is 12.3 Å². The molecule has 2 aromatic heterocycles. The Morgan fingerprint density at radius 2 is 1.98 bits per heavy atom. The average molecular weight is 541 g/mol. The number of likely N-dealkylation sites (N-methyl/N-ethyl adjacent to an activating group) is 1. The van der Waals surface area contributed by atoms with E-state index in [4.69, 9.17) is 22.7 Å². The molecule has 6 rings (SSSR count). The highest BCUT2D eigenvalue weighted by Gasteiger charge is 2.31. The molecular formula is C29H36BN7O3. The summed E-state index contributed by atoms with van der Waals surface area (Å²) in [6, 6.07) is 9.44. The molecule has 2 saturated heterocycles. The molecule has 2 bridgehead atoms. The molecule has 3 aliphatic rings. The van der Waals surface area contributed by atoms with E-state index in [1.807, 2.05) is 17.6 Å². The molecule has 0 aliphatic carbocycles. The number of nitrogens with one attached hydrogen (secondary N) is 1. The van der Waals surface area contributed by atoms with Gasteiger partial charge in [-0.05, 0) is 50.3 Å². The zero-order valence-electron chi connectivity index (χ0n) is 23.3. The fraction of sp³-hybridized carbons (Fsp3) is 0.483. The average Bonchev–Trinajstić information content (AvgIpc) is 3.33. The van der Waals surface area contributed by atoms with E-state index in [9.17, 15) is 9.90 Å². The van der Waals surface area contributed by atoms with Gasteiger partial charge in [0.25, 0.3) is 5.91 Å². The van der Waals surface area contributed by atoms with Crippen molar-refractivity contribution < 1.29 is 14.6 Å². The highest BCUT2D eigenvalue weighted by Crippen LogP contribution is 2.40. The van der Waals surface area contributed by atoms with Crippen LogP contribution >= 0.6 is 0 Å². The molecule has 40 heavy (non-hydrogen) atoms. The van der Waals surface area contributed by atoms with Crippen molar-refractivity contribution in [2.45, 2.75) is 44.1 Å². The lowest BCUT2D eigenvalue weighted by Crippen LogP contribution is -2.38. The highest BCUT2D eigenvalue weighted by molar-refractivity contribution is 6.14. The summed E-state index contributed by atoms with van der Waals surface area (Å²) in [5, 5.41) is 18.6. The van der Waals surface area contributed by atoms with Crippen LogP contribution in [0.4, 0.5) is 11.6 Å². The Labute approximate surface area is 236 Å². The number of anilines is 2. The quantitative estimate of drug-likeness (QED) is 0.478. The van der Waals surface area contributed by atoms with Crippen LogP contribution in [0.2, 0.25) is 0 Å². The Hall–Kier alpha value is -3.73. The number of ether oxygens (including phenoxy) is 1. The first-order valence-corrected chi connectivity index (χ1v) is 14.1. The van der Waals surface area contributed by atoms with Crippen LogP contribution in [0, 0.1) is 0 Å². The summed E-state index contributed by atoms with van der Waals surface area (Å²) in [6.07, 6.45) is 4.17.